The molecule has 0 fully saturated rings. The van der Waals surface area contributed by atoms with Crippen LogP contribution in [0, 0.1) is 0 Å². The lowest BCUT2D eigenvalue weighted by Crippen LogP contribution is -2.47. The van der Waals surface area contributed by atoms with Gasteiger partial charge in [-0.05, 0) is 51.4 Å². The van der Waals surface area contributed by atoms with Gasteiger partial charge in [0.2, 0.25) is 5.91 Å². The summed E-state index contributed by atoms with van der Waals surface area (Å²) in [4.78, 5) is 13.0. The summed E-state index contributed by atoms with van der Waals surface area (Å²) >= 11 is 1.68. The molecule has 0 aliphatic rings. The molecule has 2 N–H and O–H groups in total. The van der Waals surface area contributed by atoms with Crippen LogP contribution >= 0.6 is 11.8 Å². The van der Waals surface area contributed by atoms with Crippen LogP contribution < -0.4 is 10.6 Å². The van der Waals surface area contributed by atoms with Crippen molar-refractivity contribution in [2.75, 3.05) is 18.6 Å². The van der Waals surface area contributed by atoms with Crippen LogP contribution in [0.25, 0.3) is 0 Å². The number of benzene rings is 1. The van der Waals surface area contributed by atoms with Crippen LogP contribution in [0.1, 0.15) is 13.8 Å². The topological polar surface area (TPSA) is 41.1 Å². The smallest absolute Gasteiger partial charge is 0.244 e. The fourth-order valence-corrected chi connectivity index (χ4v) is 1.48. The highest BCUT2D eigenvalue weighted by atomic mass is 32.2. The first-order chi connectivity index (χ1) is 7.49. The Hall–Kier alpha value is -1.00. The second-order valence-corrected chi connectivity index (χ2v) is 4.94. The molecule has 0 bridgehead atoms. The van der Waals surface area contributed by atoms with Crippen LogP contribution in [0.5, 0.6) is 0 Å². The van der Waals surface area contributed by atoms with Crippen molar-refractivity contribution in [1.29, 1.82) is 0 Å². The van der Waals surface area contributed by atoms with Gasteiger partial charge >= 0.3 is 0 Å². The molecule has 88 valence electrons. The molecule has 0 atom stereocenters. The average molecular weight is 238 g/mol. The van der Waals surface area contributed by atoms with E-state index in [0.717, 1.165) is 5.69 Å². The van der Waals surface area contributed by atoms with Crippen LogP contribution in [0.3, 0.4) is 0 Å². The van der Waals surface area contributed by atoms with Gasteiger partial charge in [-0.15, -0.1) is 11.8 Å². The molecule has 0 heterocycles. The standard InChI is InChI=1S/C12H18N2OS/c1-12(2,13-3)11(15)14-9-5-7-10(16-4)8-6-9/h5-8,13H,1-4H3,(H,14,15). The zero-order valence-electron chi connectivity index (χ0n) is 10.1. The van der Waals surface area contributed by atoms with Crippen LogP contribution in [0.2, 0.25) is 0 Å². The lowest BCUT2D eigenvalue weighted by atomic mass is 10.1. The Morgan fingerprint density at radius 1 is 1.25 bits per heavy atom. The second-order valence-electron chi connectivity index (χ2n) is 4.06. The molecule has 0 aliphatic carbocycles. The van der Waals surface area contributed by atoms with Crippen molar-refractivity contribution in [3.63, 3.8) is 0 Å². The molecule has 0 aliphatic heterocycles. The summed E-state index contributed by atoms with van der Waals surface area (Å²) in [7, 11) is 1.77. The summed E-state index contributed by atoms with van der Waals surface area (Å²) in [6.45, 7) is 3.69. The Kier molecular flexibility index (Phi) is 4.38. The van der Waals surface area contributed by atoms with Gasteiger partial charge in [-0.1, -0.05) is 0 Å². The number of hydrogen-bond donors (Lipinski definition) is 2. The van der Waals surface area contributed by atoms with E-state index in [2.05, 4.69) is 10.6 Å². The van der Waals surface area contributed by atoms with Crippen LogP contribution in [-0.2, 0) is 4.79 Å². The number of anilines is 1. The summed E-state index contributed by atoms with van der Waals surface area (Å²) in [5, 5.41) is 5.84. The fraction of sp³-hybridized carbons (Fsp3) is 0.417. The van der Waals surface area contributed by atoms with Gasteiger partial charge in [0.1, 0.15) is 0 Å². The van der Waals surface area contributed by atoms with E-state index in [4.69, 9.17) is 0 Å². The average Bonchev–Trinajstić information content (AvgIpc) is 2.30. The summed E-state index contributed by atoms with van der Waals surface area (Å²) in [5.41, 5.74) is 0.268. The van der Waals surface area contributed by atoms with Crippen molar-refractivity contribution in [2.24, 2.45) is 0 Å². The molecule has 4 heteroatoms. The normalized spacial score (nSPS) is 11.2. The molecule has 1 rings (SSSR count). The Morgan fingerprint density at radius 3 is 2.25 bits per heavy atom. The number of hydrogen-bond acceptors (Lipinski definition) is 3. The van der Waals surface area contributed by atoms with Crippen molar-refractivity contribution in [2.45, 2.75) is 24.3 Å². The van der Waals surface area contributed by atoms with E-state index in [1.165, 1.54) is 4.90 Å². The van der Waals surface area contributed by atoms with Crippen molar-refractivity contribution < 1.29 is 4.79 Å². The summed E-state index contributed by atoms with van der Waals surface area (Å²) < 4.78 is 0. The summed E-state index contributed by atoms with van der Waals surface area (Å²) in [5.74, 6) is -0.0353. The fourth-order valence-electron chi connectivity index (χ4n) is 1.08. The van der Waals surface area contributed by atoms with Gasteiger partial charge in [-0.25, -0.2) is 0 Å². The number of likely N-dealkylation sites (N-methyl/N-ethyl adjacent to an activating group) is 1. The molecule has 1 aromatic carbocycles. The van der Waals surface area contributed by atoms with Crippen LogP contribution in [0.15, 0.2) is 29.2 Å². The van der Waals surface area contributed by atoms with Crippen molar-refractivity contribution in [3.05, 3.63) is 24.3 Å². The van der Waals surface area contributed by atoms with Gasteiger partial charge in [0.15, 0.2) is 0 Å². The number of amides is 1. The quantitative estimate of drug-likeness (QED) is 0.791. The zero-order chi connectivity index (χ0) is 12.2. The summed E-state index contributed by atoms with van der Waals surface area (Å²) in [6.07, 6.45) is 2.03. The highest BCUT2D eigenvalue weighted by Gasteiger charge is 2.24. The van der Waals surface area contributed by atoms with Gasteiger partial charge in [-0.3, -0.25) is 4.79 Å². The van der Waals surface area contributed by atoms with Crippen molar-refractivity contribution in [1.82, 2.24) is 5.32 Å². The van der Waals surface area contributed by atoms with Gasteiger partial charge in [0.25, 0.3) is 0 Å². The SMILES string of the molecule is CNC(C)(C)C(=O)Nc1ccc(SC)cc1. The summed E-state index contributed by atoms with van der Waals surface area (Å²) in [6, 6.07) is 7.81. The minimum Gasteiger partial charge on any atom is -0.325 e. The van der Waals surface area contributed by atoms with E-state index in [1.54, 1.807) is 18.8 Å². The Labute approximate surface area is 101 Å². The van der Waals surface area contributed by atoms with E-state index < -0.39 is 5.54 Å². The second kappa shape index (κ2) is 5.37. The van der Waals surface area contributed by atoms with E-state index in [9.17, 15) is 4.79 Å². The highest BCUT2D eigenvalue weighted by molar-refractivity contribution is 7.98. The molecular weight excluding hydrogens is 220 g/mol. The molecule has 0 radical (unpaired) electrons. The molecular formula is C12H18N2OS. The molecule has 0 unspecified atom stereocenters. The third-order valence-corrected chi connectivity index (χ3v) is 3.28. The van der Waals surface area contributed by atoms with Crippen molar-refractivity contribution in [3.8, 4) is 0 Å². The Bertz CT molecular complexity index is 360. The Morgan fingerprint density at radius 2 is 1.81 bits per heavy atom. The molecule has 1 aromatic rings. The first kappa shape index (κ1) is 13.1. The minimum atomic E-state index is -0.557. The predicted octanol–water partition coefficient (Wildman–Crippen LogP) is 2.34. The molecule has 16 heavy (non-hydrogen) atoms. The maximum Gasteiger partial charge on any atom is 0.244 e. The van der Waals surface area contributed by atoms with E-state index in [1.807, 2.05) is 44.4 Å². The molecule has 0 aromatic heterocycles. The van der Waals surface area contributed by atoms with Crippen molar-refractivity contribution >= 4 is 23.4 Å². The maximum atomic E-state index is 11.8. The van der Waals surface area contributed by atoms with Gasteiger partial charge in [0, 0.05) is 10.6 Å². The highest BCUT2D eigenvalue weighted by Crippen LogP contribution is 2.18. The van der Waals surface area contributed by atoms with E-state index >= 15 is 0 Å². The molecule has 0 spiro atoms. The maximum absolute atomic E-state index is 11.8. The molecule has 3 nitrogen and oxygen atoms in total. The lowest BCUT2D eigenvalue weighted by Gasteiger charge is -2.22. The van der Waals surface area contributed by atoms with Gasteiger partial charge in [-0.2, -0.15) is 0 Å². The first-order valence-corrected chi connectivity index (χ1v) is 6.36. The van der Waals surface area contributed by atoms with Crippen LogP contribution in [0.4, 0.5) is 5.69 Å². The zero-order valence-corrected chi connectivity index (χ0v) is 10.9. The first-order valence-electron chi connectivity index (χ1n) is 5.14. The number of carbonyl (C=O) groups excluding carboxylic acids is 1. The van der Waals surface area contributed by atoms with E-state index in [-0.39, 0.29) is 5.91 Å². The van der Waals surface area contributed by atoms with Crippen LogP contribution in [-0.4, -0.2) is 24.7 Å². The Balaban J connectivity index is 2.70. The number of carbonyl (C=O) groups is 1. The minimum absolute atomic E-state index is 0.0353. The number of nitrogens with one attached hydrogen (secondary N) is 2. The predicted molar refractivity (Wildman–Crippen MR) is 70.0 cm³/mol. The molecule has 0 saturated heterocycles. The van der Waals surface area contributed by atoms with E-state index in [0.29, 0.717) is 0 Å². The molecule has 0 saturated carbocycles. The largest absolute Gasteiger partial charge is 0.325 e. The van der Waals surface area contributed by atoms with Gasteiger partial charge < -0.3 is 10.6 Å². The number of thioether (sulfide) groups is 1. The third-order valence-electron chi connectivity index (χ3n) is 2.54. The van der Waals surface area contributed by atoms with Gasteiger partial charge in [0.05, 0.1) is 5.54 Å². The monoisotopic (exact) mass is 238 g/mol. The molecule has 1 amide bonds. The number of rotatable bonds is 4. The lowest BCUT2D eigenvalue weighted by molar-refractivity contribution is -0.121. The third kappa shape index (κ3) is 3.25.